The molecule has 0 aliphatic carbocycles. The van der Waals surface area contributed by atoms with Gasteiger partial charge in [0.15, 0.2) is 0 Å². The summed E-state index contributed by atoms with van der Waals surface area (Å²) in [5.41, 5.74) is -4.68. The van der Waals surface area contributed by atoms with Gasteiger partial charge in [-0.3, -0.25) is 9.36 Å². The fraction of sp³-hybridized carbons (Fsp3) is 0.800. The molecular weight excluding hydrogens is 468 g/mol. The minimum atomic E-state index is -1.95. The zero-order chi connectivity index (χ0) is 27.4. The Labute approximate surface area is 210 Å². The largest absolute Gasteiger partial charge is 0.443 e. The van der Waals surface area contributed by atoms with Crippen LogP contribution in [0.3, 0.4) is 0 Å². The van der Waals surface area contributed by atoms with Crippen molar-refractivity contribution in [2.24, 2.45) is 5.41 Å². The van der Waals surface area contributed by atoms with Crippen LogP contribution < -0.4 is 11.2 Å². The zero-order valence-electron chi connectivity index (χ0n) is 23.4. The van der Waals surface area contributed by atoms with Crippen LogP contribution in [0.25, 0.3) is 0 Å². The first-order valence-corrected chi connectivity index (χ1v) is 15.1. The summed E-state index contributed by atoms with van der Waals surface area (Å²) in [5.74, 6) is 0. The van der Waals surface area contributed by atoms with Gasteiger partial charge in [0.05, 0.1) is 21.0 Å². The first-order chi connectivity index (χ1) is 15.6. The highest BCUT2D eigenvalue weighted by molar-refractivity contribution is 6.58. The van der Waals surface area contributed by atoms with Crippen LogP contribution >= 0.6 is 0 Å². The van der Waals surface area contributed by atoms with E-state index < -0.39 is 59.8 Å². The maximum absolute atomic E-state index is 13.7. The molecule has 3 atom stereocenters. The molecule has 0 spiro atoms. The van der Waals surface area contributed by atoms with Crippen molar-refractivity contribution in [2.45, 2.75) is 117 Å². The lowest BCUT2D eigenvalue weighted by Crippen LogP contribution is -2.57. The third-order valence-electron chi connectivity index (χ3n) is 6.51. The number of ether oxygens (including phenoxy) is 3. The number of hydrogen-bond donors (Lipinski definition) is 1. The third-order valence-corrected chi connectivity index (χ3v) is 8.94. The molecule has 200 valence electrons. The summed E-state index contributed by atoms with van der Waals surface area (Å²) in [6.45, 7) is 22.2. The van der Waals surface area contributed by atoms with Crippen LogP contribution in [0.4, 0.5) is 4.79 Å². The molecular formula is C25H44N2O7Si. The van der Waals surface area contributed by atoms with Crippen molar-refractivity contribution in [2.75, 3.05) is 6.61 Å². The van der Waals surface area contributed by atoms with Gasteiger partial charge in [-0.15, -0.1) is 0 Å². The summed E-state index contributed by atoms with van der Waals surface area (Å²) >= 11 is 0. The first-order valence-electron chi connectivity index (χ1n) is 12.2. The van der Waals surface area contributed by atoms with Crippen molar-refractivity contribution in [3.05, 3.63) is 32.6 Å². The molecule has 1 aliphatic rings. The molecule has 1 fully saturated rings. The molecule has 0 saturated carbocycles. The summed E-state index contributed by atoms with van der Waals surface area (Å²) in [6.07, 6.45) is -0.209. The monoisotopic (exact) mass is 512 g/mol. The van der Waals surface area contributed by atoms with E-state index in [-0.39, 0.29) is 18.6 Å². The van der Waals surface area contributed by atoms with Crippen molar-refractivity contribution < 1.29 is 24.1 Å². The molecule has 1 N–H and O–H groups in total. The summed E-state index contributed by atoms with van der Waals surface area (Å²) < 4.78 is 19.9. The number of aromatic nitrogens is 2. The highest BCUT2D eigenvalue weighted by Crippen LogP contribution is 2.51. The number of aliphatic hydroxyl groups is 1. The fourth-order valence-corrected chi connectivity index (χ4v) is 6.20. The van der Waals surface area contributed by atoms with Gasteiger partial charge in [-0.2, -0.15) is 4.57 Å². The van der Waals surface area contributed by atoms with Gasteiger partial charge >= 0.3 is 11.8 Å². The summed E-state index contributed by atoms with van der Waals surface area (Å²) in [4.78, 5) is 39.5. The van der Waals surface area contributed by atoms with Gasteiger partial charge in [0, 0.05) is 18.2 Å². The molecule has 9 nitrogen and oxygen atoms in total. The topological polar surface area (TPSA) is 109 Å². The number of rotatable bonds is 4. The van der Waals surface area contributed by atoms with E-state index in [4.69, 9.17) is 14.2 Å². The molecule has 1 saturated heterocycles. The summed E-state index contributed by atoms with van der Waals surface area (Å²) in [7, 11) is -1.95. The Morgan fingerprint density at radius 1 is 1.11 bits per heavy atom. The quantitative estimate of drug-likeness (QED) is 0.617. The van der Waals surface area contributed by atoms with E-state index in [1.807, 2.05) is 54.6 Å². The molecule has 0 radical (unpaired) electrons. The van der Waals surface area contributed by atoms with Crippen molar-refractivity contribution in [3.8, 4) is 0 Å². The van der Waals surface area contributed by atoms with Gasteiger partial charge in [-0.05, 0) is 53.9 Å². The molecule has 1 aliphatic heterocycles. The average molecular weight is 513 g/mol. The van der Waals surface area contributed by atoms with Gasteiger partial charge in [0.1, 0.15) is 22.7 Å². The lowest BCUT2D eigenvalue weighted by atomic mass is 9.72. The van der Waals surface area contributed by atoms with E-state index >= 15 is 0 Å². The van der Waals surface area contributed by atoms with E-state index in [1.165, 1.54) is 10.8 Å². The minimum Gasteiger partial charge on any atom is -0.443 e. The smallest absolute Gasteiger partial charge is 0.425 e. The van der Waals surface area contributed by atoms with Crippen LogP contribution in [-0.4, -0.2) is 58.6 Å². The fourth-order valence-electron chi connectivity index (χ4n) is 4.31. The van der Waals surface area contributed by atoms with E-state index in [2.05, 4.69) is 0 Å². The minimum absolute atomic E-state index is 0.122. The Bertz CT molecular complexity index is 1070. The molecule has 1 aromatic heterocycles. The summed E-state index contributed by atoms with van der Waals surface area (Å²) in [6, 6.07) is 0. The maximum atomic E-state index is 13.7. The third kappa shape index (κ3) is 5.81. The standard InChI is InChI=1S/C25H44N2O7Si/c1-16-13-26(19(29)27(18(16)28)20(30)34-23(8,9)10)25(35(11)12)15-24(31,21(2,3)4)17(33-25)14-32-22(5,6)7/h13,17,31,35H,14-15H2,1-12H3/t17-,24+,25+/m1/s1. The van der Waals surface area contributed by atoms with E-state index in [1.54, 1.807) is 27.7 Å². The average Bonchev–Trinajstić information content (AvgIpc) is 2.96. The van der Waals surface area contributed by atoms with Crippen molar-refractivity contribution in [1.82, 2.24) is 9.13 Å². The predicted octanol–water partition coefficient (Wildman–Crippen LogP) is 3.16. The highest BCUT2D eigenvalue weighted by atomic mass is 28.3. The van der Waals surface area contributed by atoms with Gasteiger partial charge in [-0.1, -0.05) is 33.9 Å². The van der Waals surface area contributed by atoms with Crippen molar-refractivity contribution >= 4 is 14.9 Å². The molecule has 0 unspecified atom stereocenters. The second kappa shape index (κ2) is 9.28. The van der Waals surface area contributed by atoms with E-state index in [9.17, 15) is 19.5 Å². The van der Waals surface area contributed by atoms with Gasteiger partial charge in [-0.25, -0.2) is 9.59 Å². The SMILES string of the molecule is Cc1cn([C@@]2([SiH](C)C)C[C@@](O)(C(C)(C)C)[C@@H](COC(C)(C)C)O2)c(=O)n(C(=O)OC(C)(C)C)c1=O. The van der Waals surface area contributed by atoms with Crippen molar-refractivity contribution in [1.29, 1.82) is 0 Å². The number of aryl methyl sites for hydroxylation is 1. The Hall–Kier alpha value is -1.75. The molecule has 2 rings (SSSR count). The van der Waals surface area contributed by atoms with Gasteiger partial charge < -0.3 is 19.3 Å². The van der Waals surface area contributed by atoms with Crippen LogP contribution in [0.2, 0.25) is 13.1 Å². The Morgan fingerprint density at radius 3 is 2.09 bits per heavy atom. The molecule has 10 heteroatoms. The van der Waals surface area contributed by atoms with Crippen LogP contribution in [0.1, 0.15) is 74.3 Å². The molecule has 1 aromatic rings. The molecule has 0 aromatic carbocycles. The number of hydrogen-bond acceptors (Lipinski definition) is 7. The summed E-state index contributed by atoms with van der Waals surface area (Å²) in [5, 5.41) is 10.8. The van der Waals surface area contributed by atoms with Crippen LogP contribution in [0, 0.1) is 12.3 Å². The second-order valence-corrected chi connectivity index (χ2v) is 16.2. The van der Waals surface area contributed by atoms with Crippen LogP contribution in [0.5, 0.6) is 0 Å². The van der Waals surface area contributed by atoms with E-state index in [0.29, 0.717) is 4.57 Å². The molecule has 2 heterocycles. The second-order valence-electron chi connectivity index (χ2n) is 13.0. The number of carbonyl (C=O) groups excluding carboxylic acids is 1. The van der Waals surface area contributed by atoms with Crippen molar-refractivity contribution in [3.63, 3.8) is 0 Å². The first kappa shape index (κ1) is 29.5. The highest BCUT2D eigenvalue weighted by Gasteiger charge is 2.62. The van der Waals surface area contributed by atoms with Gasteiger partial charge in [0.2, 0.25) is 0 Å². The number of carbonyl (C=O) groups is 1. The van der Waals surface area contributed by atoms with Crippen LogP contribution in [-0.2, 0) is 19.6 Å². The molecule has 35 heavy (non-hydrogen) atoms. The van der Waals surface area contributed by atoms with E-state index in [0.717, 1.165) is 0 Å². The molecule has 0 amide bonds. The zero-order valence-corrected chi connectivity index (χ0v) is 24.6. The Kier molecular flexibility index (Phi) is 7.82. The Balaban J connectivity index is 2.77. The van der Waals surface area contributed by atoms with Crippen LogP contribution in [0.15, 0.2) is 15.8 Å². The maximum Gasteiger partial charge on any atom is 0.425 e. The lowest BCUT2D eigenvalue weighted by Gasteiger charge is -2.41. The van der Waals surface area contributed by atoms with Gasteiger partial charge in [0.25, 0.3) is 5.56 Å². The predicted molar refractivity (Wildman–Crippen MR) is 138 cm³/mol. The Morgan fingerprint density at radius 2 is 1.66 bits per heavy atom. The molecule has 0 bridgehead atoms. The number of nitrogens with zero attached hydrogens (tertiary/aromatic N) is 2. The normalized spacial score (nSPS) is 25.8. The lowest BCUT2D eigenvalue weighted by molar-refractivity contribution is -0.160.